The molecule has 0 unspecified atom stereocenters. The molecule has 0 atom stereocenters. The van der Waals surface area contributed by atoms with E-state index in [2.05, 4.69) is 15.0 Å². The fourth-order valence-corrected chi connectivity index (χ4v) is 5.20. The number of halogens is 3. The normalized spacial score (nSPS) is 15.3. The maximum atomic E-state index is 13.3. The van der Waals surface area contributed by atoms with Crippen LogP contribution < -0.4 is 14.4 Å². The first-order chi connectivity index (χ1) is 19.7. The number of aryl methyl sites for hydroxylation is 2. The molecule has 0 N–H and O–H groups in total. The van der Waals surface area contributed by atoms with Crippen LogP contribution >= 0.6 is 0 Å². The largest absolute Gasteiger partial charge is 0.496 e. The Kier molecular flexibility index (Phi) is 6.66. The van der Waals surface area contributed by atoms with E-state index in [0.29, 0.717) is 47.7 Å². The zero-order valence-electron chi connectivity index (χ0n) is 22.8. The lowest BCUT2D eigenvalue weighted by Gasteiger charge is -2.27. The van der Waals surface area contributed by atoms with Crippen molar-refractivity contribution >= 4 is 11.7 Å². The smallest absolute Gasteiger partial charge is 0.434 e. The lowest BCUT2D eigenvalue weighted by molar-refractivity contribution is -0.140. The van der Waals surface area contributed by atoms with E-state index in [9.17, 15) is 18.0 Å². The van der Waals surface area contributed by atoms with Gasteiger partial charge in [-0.15, -0.1) is 0 Å². The Hall–Kier alpha value is -4.42. The second-order valence-electron chi connectivity index (χ2n) is 10.0. The first kappa shape index (κ1) is 26.8. The molecule has 1 fully saturated rings. The van der Waals surface area contributed by atoms with Crippen LogP contribution in [0.15, 0.2) is 36.8 Å². The van der Waals surface area contributed by atoms with Gasteiger partial charge in [-0.25, -0.2) is 19.6 Å². The predicted molar refractivity (Wildman–Crippen MR) is 142 cm³/mol. The van der Waals surface area contributed by atoms with Gasteiger partial charge in [0.2, 0.25) is 11.8 Å². The van der Waals surface area contributed by atoms with E-state index in [-0.39, 0.29) is 24.7 Å². The Morgan fingerprint density at radius 3 is 2.59 bits per heavy atom. The maximum Gasteiger partial charge on any atom is 0.434 e. The van der Waals surface area contributed by atoms with Gasteiger partial charge in [0.25, 0.3) is 0 Å². The number of benzene rings is 1. The molecule has 0 radical (unpaired) electrons. The minimum Gasteiger partial charge on any atom is -0.496 e. The number of amides is 1. The summed E-state index contributed by atoms with van der Waals surface area (Å²) in [6.07, 6.45) is 0.285. The summed E-state index contributed by atoms with van der Waals surface area (Å²) in [7, 11) is 3.01. The molecular weight excluding hydrogens is 539 g/mol. The average molecular weight is 568 g/mol. The van der Waals surface area contributed by atoms with Gasteiger partial charge in [-0.1, -0.05) is 6.07 Å². The minimum atomic E-state index is -4.56. The number of hydrogen-bond donors (Lipinski definition) is 0. The molecule has 13 heteroatoms. The molecule has 3 aromatic heterocycles. The molecule has 2 aliphatic rings. The van der Waals surface area contributed by atoms with Gasteiger partial charge in [0.05, 0.1) is 44.1 Å². The van der Waals surface area contributed by atoms with E-state index in [1.165, 1.54) is 18.0 Å². The first-order valence-corrected chi connectivity index (χ1v) is 13.3. The van der Waals surface area contributed by atoms with Crippen molar-refractivity contribution in [2.45, 2.75) is 57.9 Å². The monoisotopic (exact) mass is 567 g/mol. The second kappa shape index (κ2) is 10.2. The molecular formula is C28H28F3N7O3. The number of nitrogens with zero attached hydrogens (tertiary/aromatic N) is 7. The SMILES string of the molecule is CCn1cc(C(F)(F)F)nc1-c1ccc(CN2C(=O)CCn3nc(-c4c(OC)ncnc4C4CC4)cc32)cc1OC. The highest BCUT2D eigenvalue weighted by atomic mass is 19.4. The topological polar surface area (TPSA) is 100 Å². The Morgan fingerprint density at radius 1 is 1.10 bits per heavy atom. The number of fused-ring (bicyclic) bond motifs is 1. The molecule has 214 valence electrons. The molecule has 1 amide bonds. The van der Waals surface area contributed by atoms with Crippen LogP contribution in [0.25, 0.3) is 22.6 Å². The van der Waals surface area contributed by atoms with Gasteiger partial charge in [0.1, 0.15) is 29.4 Å². The molecule has 0 spiro atoms. The molecule has 0 saturated heterocycles. The van der Waals surface area contributed by atoms with Crippen LogP contribution in [0.3, 0.4) is 0 Å². The van der Waals surface area contributed by atoms with E-state index in [4.69, 9.17) is 14.6 Å². The lowest BCUT2D eigenvalue weighted by Crippen LogP contribution is -2.36. The number of rotatable bonds is 8. The minimum absolute atomic E-state index is 0.0676. The molecule has 0 bridgehead atoms. The molecule has 1 aromatic carbocycles. The number of carbonyl (C=O) groups is 1. The number of anilines is 1. The molecule has 10 nitrogen and oxygen atoms in total. The second-order valence-corrected chi connectivity index (χ2v) is 10.0. The zero-order chi connectivity index (χ0) is 28.9. The summed E-state index contributed by atoms with van der Waals surface area (Å²) in [5, 5.41) is 4.79. The van der Waals surface area contributed by atoms with Crippen LogP contribution in [0.5, 0.6) is 11.6 Å². The van der Waals surface area contributed by atoms with Gasteiger partial charge >= 0.3 is 6.18 Å². The molecule has 41 heavy (non-hydrogen) atoms. The number of alkyl halides is 3. The predicted octanol–water partition coefficient (Wildman–Crippen LogP) is 5.07. The van der Waals surface area contributed by atoms with Gasteiger partial charge < -0.3 is 14.0 Å². The maximum absolute atomic E-state index is 13.3. The number of ether oxygens (including phenoxy) is 2. The van der Waals surface area contributed by atoms with Crippen LogP contribution in [-0.2, 0) is 30.6 Å². The standard InChI is InChI=1S/C28H28F3N7O3/c1-4-36-14-21(28(29,30)31)34-26(36)18-8-5-16(11-20(18)40-2)13-37-22-12-19(35-38(22)10-9-23(37)39)24-25(17-6-7-17)32-15-33-27(24)41-3/h5,8,11-12,14-15,17H,4,6-7,9-10,13H2,1-3H3. The van der Waals surface area contributed by atoms with Crippen LogP contribution in [0.2, 0.25) is 0 Å². The van der Waals surface area contributed by atoms with E-state index >= 15 is 0 Å². The van der Waals surface area contributed by atoms with E-state index in [1.54, 1.807) is 41.8 Å². The van der Waals surface area contributed by atoms with Crippen molar-refractivity contribution < 1.29 is 27.4 Å². The molecule has 6 rings (SSSR count). The van der Waals surface area contributed by atoms with E-state index in [0.717, 1.165) is 35.9 Å². The molecule has 1 aliphatic heterocycles. The van der Waals surface area contributed by atoms with Gasteiger partial charge in [0.15, 0.2) is 5.69 Å². The number of aromatic nitrogens is 6. The third-order valence-corrected chi connectivity index (χ3v) is 7.38. The summed E-state index contributed by atoms with van der Waals surface area (Å²) in [6, 6.07) is 7.02. The van der Waals surface area contributed by atoms with Crippen molar-refractivity contribution in [1.29, 1.82) is 0 Å². The number of methoxy groups -OCH3 is 2. The van der Waals surface area contributed by atoms with Crippen molar-refractivity contribution in [2.24, 2.45) is 0 Å². The van der Waals surface area contributed by atoms with Gasteiger partial charge in [-0.05, 0) is 37.5 Å². The number of carbonyl (C=O) groups excluding carboxylic acids is 1. The van der Waals surface area contributed by atoms with Crippen LogP contribution in [0, 0.1) is 0 Å². The molecule has 4 heterocycles. The van der Waals surface area contributed by atoms with Gasteiger partial charge in [-0.3, -0.25) is 9.69 Å². The van der Waals surface area contributed by atoms with Crippen LogP contribution in [0.1, 0.15) is 49.1 Å². The van der Waals surface area contributed by atoms with Gasteiger partial charge in [0, 0.05) is 31.1 Å². The average Bonchev–Trinajstić information content (AvgIpc) is 3.56. The molecule has 4 aromatic rings. The zero-order valence-corrected chi connectivity index (χ0v) is 22.8. The first-order valence-electron chi connectivity index (χ1n) is 13.3. The number of hydrogen-bond acceptors (Lipinski definition) is 7. The van der Waals surface area contributed by atoms with E-state index in [1.807, 2.05) is 6.07 Å². The third-order valence-electron chi connectivity index (χ3n) is 7.38. The Bertz CT molecular complexity index is 1620. The van der Waals surface area contributed by atoms with Crippen molar-refractivity contribution in [1.82, 2.24) is 29.3 Å². The highest BCUT2D eigenvalue weighted by Gasteiger charge is 2.36. The summed E-state index contributed by atoms with van der Waals surface area (Å²) < 4.78 is 54.4. The number of imidazole rings is 1. The van der Waals surface area contributed by atoms with Crippen molar-refractivity contribution in [3.63, 3.8) is 0 Å². The van der Waals surface area contributed by atoms with Crippen LogP contribution in [-0.4, -0.2) is 49.4 Å². The lowest BCUT2D eigenvalue weighted by atomic mass is 10.1. The molecule has 1 saturated carbocycles. The summed E-state index contributed by atoms with van der Waals surface area (Å²) in [5.74, 6) is 1.85. The summed E-state index contributed by atoms with van der Waals surface area (Å²) >= 11 is 0. The van der Waals surface area contributed by atoms with Crippen molar-refractivity contribution in [3.05, 3.63) is 53.7 Å². The Balaban J connectivity index is 1.34. The quantitative estimate of drug-likeness (QED) is 0.293. The highest BCUT2D eigenvalue weighted by molar-refractivity contribution is 5.94. The van der Waals surface area contributed by atoms with Crippen LogP contribution in [0.4, 0.5) is 19.0 Å². The summed E-state index contributed by atoms with van der Waals surface area (Å²) in [6.45, 7) is 2.70. The Morgan fingerprint density at radius 2 is 1.90 bits per heavy atom. The Labute approximate surface area is 233 Å². The fourth-order valence-electron chi connectivity index (χ4n) is 5.20. The summed E-state index contributed by atoms with van der Waals surface area (Å²) in [5.41, 5.74) is 2.47. The molecule has 1 aliphatic carbocycles. The van der Waals surface area contributed by atoms with Crippen molar-refractivity contribution in [2.75, 3.05) is 19.1 Å². The third kappa shape index (κ3) is 4.89. The highest BCUT2D eigenvalue weighted by Crippen LogP contribution is 2.46. The van der Waals surface area contributed by atoms with Crippen molar-refractivity contribution in [3.8, 4) is 34.3 Å². The fraction of sp³-hybridized carbons (Fsp3) is 0.393. The van der Waals surface area contributed by atoms with E-state index < -0.39 is 11.9 Å². The summed E-state index contributed by atoms with van der Waals surface area (Å²) in [4.78, 5) is 27.4. The van der Waals surface area contributed by atoms with Gasteiger partial charge in [-0.2, -0.15) is 18.3 Å².